The Morgan fingerprint density at radius 3 is 2.82 bits per heavy atom. The minimum atomic E-state index is -0.152. The van der Waals surface area contributed by atoms with Crippen molar-refractivity contribution < 1.29 is 4.79 Å². The van der Waals surface area contributed by atoms with E-state index in [9.17, 15) is 4.79 Å². The van der Waals surface area contributed by atoms with E-state index in [1.165, 1.54) is 23.6 Å². The molecule has 0 bridgehead atoms. The second-order valence-electron chi connectivity index (χ2n) is 3.47. The molecule has 0 aliphatic rings. The number of carbonyl (C=O) groups is 1. The number of aryl methyl sites for hydroxylation is 1. The fourth-order valence-electron chi connectivity index (χ4n) is 1.32. The molecule has 2 aromatic rings. The molecule has 17 heavy (non-hydrogen) atoms. The third kappa shape index (κ3) is 3.03. The molecule has 0 N–H and O–H groups in total. The fraction of sp³-hybridized carbons (Fsp3) is 0.182. The Balaban J connectivity index is 2.20. The van der Waals surface area contributed by atoms with Crippen molar-refractivity contribution in [2.45, 2.75) is 13.3 Å². The van der Waals surface area contributed by atoms with Crippen LogP contribution in [-0.2, 0) is 6.42 Å². The smallest absolute Gasteiger partial charge is 0.189 e. The van der Waals surface area contributed by atoms with Gasteiger partial charge in [0.25, 0.3) is 0 Å². The van der Waals surface area contributed by atoms with Gasteiger partial charge in [-0.05, 0) is 13.0 Å². The van der Waals surface area contributed by atoms with Gasteiger partial charge in [0.2, 0.25) is 0 Å². The average molecular weight is 287 g/mol. The van der Waals surface area contributed by atoms with Gasteiger partial charge in [0, 0.05) is 17.3 Å². The monoisotopic (exact) mass is 286 g/mol. The minimum Gasteiger partial charge on any atom is -0.292 e. The lowest BCUT2D eigenvalue weighted by Gasteiger charge is -2.01. The highest BCUT2D eigenvalue weighted by Crippen LogP contribution is 2.20. The van der Waals surface area contributed by atoms with E-state index in [2.05, 4.69) is 9.97 Å². The quantitative estimate of drug-likeness (QED) is 0.810. The first kappa shape index (κ1) is 12.5. The number of hydrogen-bond donors (Lipinski definition) is 0. The molecule has 88 valence electrons. The molecule has 2 aromatic heterocycles. The largest absolute Gasteiger partial charge is 0.292 e. The number of carbonyl (C=O) groups excluding carboxylic acids is 1. The lowest BCUT2D eigenvalue weighted by atomic mass is 10.2. The van der Waals surface area contributed by atoms with Gasteiger partial charge in [-0.15, -0.1) is 11.3 Å². The third-order valence-corrected chi connectivity index (χ3v) is 3.51. The van der Waals surface area contributed by atoms with E-state index in [4.69, 9.17) is 23.2 Å². The van der Waals surface area contributed by atoms with Gasteiger partial charge >= 0.3 is 0 Å². The summed E-state index contributed by atoms with van der Waals surface area (Å²) < 4.78 is 0. The van der Waals surface area contributed by atoms with Crippen LogP contribution in [0.5, 0.6) is 0 Å². The van der Waals surface area contributed by atoms with Crippen LogP contribution in [-0.4, -0.2) is 15.8 Å². The zero-order valence-electron chi connectivity index (χ0n) is 8.91. The summed E-state index contributed by atoms with van der Waals surface area (Å²) in [6.45, 7) is 1.89. The molecular weight excluding hydrogens is 279 g/mol. The molecule has 0 aliphatic carbocycles. The van der Waals surface area contributed by atoms with E-state index in [1.54, 1.807) is 0 Å². The number of hydrogen-bond acceptors (Lipinski definition) is 4. The van der Waals surface area contributed by atoms with Crippen molar-refractivity contribution >= 4 is 40.3 Å². The zero-order chi connectivity index (χ0) is 12.4. The van der Waals surface area contributed by atoms with Gasteiger partial charge in [-0.25, -0.2) is 9.97 Å². The second-order valence-corrected chi connectivity index (χ2v) is 5.25. The third-order valence-electron chi connectivity index (χ3n) is 2.05. The van der Waals surface area contributed by atoms with Crippen LogP contribution in [0.15, 0.2) is 17.6 Å². The zero-order valence-corrected chi connectivity index (χ0v) is 11.2. The Hall–Kier alpha value is -0.970. The summed E-state index contributed by atoms with van der Waals surface area (Å²) >= 11 is 13.1. The second kappa shape index (κ2) is 5.12. The van der Waals surface area contributed by atoms with Gasteiger partial charge in [0.15, 0.2) is 5.78 Å². The molecular formula is C11H8Cl2N2OS. The molecule has 0 saturated heterocycles. The van der Waals surface area contributed by atoms with Crippen LogP contribution in [0, 0.1) is 6.92 Å². The normalized spacial score (nSPS) is 10.5. The van der Waals surface area contributed by atoms with Crippen LogP contribution in [0.4, 0.5) is 0 Å². The summed E-state index contributed by atoms with van der Waals surface area (Å²) in [6.07, 6.45) is 1.63. The molecule has 0 aromatic carbocycles. The van der Waals surface area contributed by atoms with Crippen LogP contribution >= 0.6 is 34.5 Å². The SMILES string of the molecule is Cc1csc(CC(=O)c2ncc(Cl)cc2Cl)n1. The van der Waals surface area contributed by atoms with Gasteiger partial charge in [0.1, 0.15) is 10.7 Å². The minimum absolute atomic E-state index is 0.152. The maximum atomic E-state index is 11.9. The first-order valence-corrected chi connectivity index (χ1v) is 6.45. The molecule has 2 heterocycles. The highest BCUT2D eigenvalue weighted by atomic mass is 35.5. The maximum Gasteiger partial charge on any atom is 0.189 e. The standard InChI is InChI=1S/C11H8Cl2N2OS/c1-6-5-17-10(15-6)3-9(16)11-8(13)2-7(12)4-14-11/h2,4-5H,3H2,1H3. The summed E-state index contributed by atoms with van der Waals surface area (Å²) in [5.74, 6) is -0.152. The Labute approximate surface area is 112 Å². The van der Waals surface area contributed by atoms with Crippen LogP contribution in [0.1, 0.15) is 21.2 Å². The molecule has 6 heteroatoms. The van der Waals surface area contributed by atoms with Gasteiger partial charge in [0.05, 0.1) is 16.5 Å². The molecule has 0 spiro atoms. The Bertz CT molecular complexity index is 568. The van der Waals surface area contributed by atoms with Gasteiger partial charge in [-0.1, -0.05) is 23.2 Å². The molecule has 0 atom stereocenters. The molecule has 0 aliphatic heterocycles. The van der Waals surface area contributed by atoms with Crippen molar-refractivity contribution in [3.8, 4) is 0 Å². The van der Waals surface area contributed by atoms with E-state index in [1.807, 2.05) is 12.3 Å². The van der Waals surface area contributed by atoms with Gasteiger partial charge < -0.3 is 0 Å². The van der Waals surface area contributed by atoms with E-state index >= 15 is 0 Å². The Morgan fingerprint density at radius 2 is 2.24 bits per heavy atom. The van der Waals surface area contributed by atoms with Crippen LogP contribution in [0.3, 0.4) is 0 Å². The lowest BCUT2D eigenvalue weighted by molar-refractivity contribution is 0.0988. The summed E-state index contributed by atoms with van der Waals surface area (Å²) in [5, 5.41) is 3.35. The molecule has 0 radical (unpaired) electrons. The van der Waals surface area contributed by atoms with E-state index in [0.29, 0.717) is 5.02 Å². The average Bonchev–Trinajstić information content (AvgIpc) is 2.63. The van der Waals surface area contributed by atoms with Crippen LogP contribution in [0.2, 0.25) is 10.0 Å². The Morgan fingerprint density at radius 1 is 1.47 bits per heavy atom. The summed E-state index contributed by atoms with van der Waals surface area (Å²) in [6, 6.07) is 1.51. The predicted octanol–water partition coefficient (Wildman–Crippen LogP) is 3.58. The lowest BCUT2D eigenvalue weighted by Crippen LogP contribution is -2.06. The summed E-state index contributed by atoms with van der Waals surface area (Å²) in [7, 11) is 0. The number of ketones is 1. The maximum absolute atomic E-state index is 11.9. The molecule has 0 unspecified atom stereocenters. The highest BCUT2D eigenvalue weighted by Gasteiger charge is 2.14. The van der Waals surface area contributed by atoms with Gasteiger partial charge in [-0.2, -0.15) is 0 Å². The number of thiazole rings is 1. The molecule has 0 saturated carbocycles. The van der Waals surface area contributed by atoms with E-state index in [0.717, 1.165) is 10.7 Å². The van der Waals surface area contributed by atoms with Crippen molar-refractivity contribution in [2.75, 3.05) is 0 Å². The van der Waals surface area contributed by atoms with Crippen LogP contribution < -0.4 is 0 Å². The summed E-state index contributed by atoms with van der Waals surface area (Å²) in [4.78, 5) is 20.1. The number of aromatic nitrogens is 2. The first-order valence-electron chi connectivity index (χ1n) is 4.81. The topological polar surface area (TPSA) is 42.9 Å². The first-order chi connectivity index (χ1) is 8.06. The van der Waals surface area contributed by atoms with Crippen molar-refractivity contribution in [3.63, 3.8) is 0 Å². The summed E-state index contributed by atoms with van der Waals surface area (Å²) in [5.41, 5.74) is 1.15. The molecule has 0 fully saturated rings. The van der Waals surface area contributed by atoms with E-state index in [-0.39, 0.29) is 22.9 Å². The van der Waals surface area contributed by atoms with Crippen molar-refractivity contribution in [1.82, 2.24) is 9.97 Å². The molecule has 0 amide bonds. The number of rotatable bonds is 3. The Kier molecular flexibility index (Phi) is 3.76. The number of nitrogens with zero attached hydrogens (tertiary/aromatic N) is 2. The molecule has 2 rings (SSSR count). The molecule has 3 nitrogen and oxygen atoms in total. The van der Waals surface area contributed by atoms with Crippen molar-refractivity contribution in [3.05, 3.63) is 44.1 Å². The van der Waals surface area contributed by atoms with Gasteiger partial charge in [-0.3, -0.25) is 4.79 Å². The van der Waals surface area contributed by atoms with Crippen LogP contribution in [0.25, 0.3) is 0 Å². The predicted molar refractivity (Wildman–Crippen MR) is 69.1 cm³/mol. The van der Waals surface area contributed by atoms with Crippen molar-refractivity contribution in [1.29, 1.82) is 0 Å². The number of Topliss-reactive ketones (excluding diaryl/α,β-unsaturated/α-hetero) is 1. The van der Waals surface area contributed by atoms with E-state index < -0.39 is 0 Å². The van der Waals surface area contributed by atoms with Crippen molar-refractivity contribution in [2.24, 2.45) is 0 Å². The number of pyridine rings is 1. The fourth-order valence-corrected chi connectivity index (χ4v) is 2.58. The number of halogens is 2. The highest BCUT2D eigenvalue weighted by molar-refractivity contribution is 7.09.